The van der Waals surface area contributed by atoms with E-state index in [0.29, 0.717) is 0 Å². The number of hydrogen-bond acceptors (Lipinski definition) is 2. The molecule has 5 aromatic rings. The summed E-state index contributed by atoms with van der Waals surface area (Å²) in [6.07, 6.45) is 3.66. The molecule has 25 heavy (non-hydrogen) atoms. The molecule has 0 N–H and O–H groups in total. The van der Waals surface area contributed by atoms with E-state index in [1.54, 1.807) is 0 Å². The van der Waals surface area contributed by atoms with Crippen molar-refractivity contribution in [2.24, 2.45) is 0 Å². The molecule has 2 aromatic carbocycles. The lowest BCUT2D eigenvalue weighted by Gasteiger charge is -2.16. The molecule has 3 nitrogen and oxygen atoms in total. The molecule has 3 heteroatoms. The minimum absolute atomic E-state index is 0.876. The summed E-state index contributed by atoms with van der Waals surface area (Å²) in [5, 5.41) is 5.62. The van der Waals surface area contributed by atoms with Crippen LogP contribution in [0.25, 0.3) is 38.8 Å². The Morgan fingerprint density at radius 2 is 1.28 bits per heavy atom. The van der Waals surface area contributed by atoms with Crippen molar-refractivity contribution >= 4 is 16.6 Å². The Labute approximate surface area is 145 Å². The lowest BCUT2D eigenvalue weighted by Crippen LogP contribution is -1.98. The van der Waals surface area contributed by atoms with Gasteiger partial charge in [0.15, 0.2) is 5.65 Å². The molecule has 0 atom stereocenters. The van der Waals surface area contributed by atoms with Crippen molar-refractivity contribution in [2.45, 2.75) is 0 Å². The van der Waals surface area contributed by atoms with E-state index < -0.39 is 0 Å². The molecule has 0 fully saturated rings. The Morgan fingerprint density at radius 1 is 0.600 bits per heavy atom. The Bertz CT molecular complexity index is 1180. The predicted octanol–water partition coefficient (Wildman–Crippen LogP) is 5.22. The molecule has 0 aliphatic rings. The van der Waals surface area contributed by atoms with Gasteiger partial charge in [-0.25, -0.2) is 9.50 Å². The number of benzene rings is 2. The Morgan fingerprint density at radius 3 is 2.00 bits per heavy atom. The van der Waals surface area contributed by atoms with Crippen LogP contribution in [0.5, 0.6) is 0 Å². The van der Waals surface area contributed by atoms with Gasteiger partial charge < -0.3 is 0 Å². The molecule has 0 amide bonds. The highest BCUT2D eigenvalue weighted by Crippen LogP contribution is 2.40. The predicted molar refractivity (Wildman–Crippen MR) is 101 cm³/mol. The minimum atomic E-state index is 0.876. The molecule has 0 unspecified atom stereocenters. The van der Waals surface area contributed by atoms with E-state index in [2.05, 4.69) is 70.7 Å². The van der Waals surface area contributed by atoms with Gasteiger partial charge in [0.05, 0.1) is 11.7 Å². The van der Waals surface area contributed by atoms with Gasteiger partial charge in [0.2, 0.25) is 0 Å². The third kappa shape index (κ3) is 2.13. The molecule has 3 aromatic heterocycles. The normalized spacial score (nSPS) is 11.2. The van der Waals surface area contributed by atoms with Crippen LogP contribution in [0.2, 0.25) is 0 Å². The van der Waals surface area contributed by atoms with Crippen LogP contribution in [0.15, 0.2) is 91.3 Å². The smallest absolute Gasteiger partial charge is 0.161 e. The minimum Gasteiger partial charge on any atom is -0.237 e. The Kier molecular flexibility index (Phi) is 3.10. The third-order valence-corrected chi connectivity index (χ3v) is 4.53. The highest BCUT2D eigenvalue weighted by Gasteiger charge is 2.18. The van der Waals surface area contributed by atoms with E-state index in [4.69, 9.17) is 0 Å². The van der Waals surface area contributed by atoms with E-state index in [9.17, 15) is 0 Å². The maximum Gasteiger partial charge on any atom is 0.161 e. The quantitative estimate of drug-likeness (QED) is 0.446. The molecule has 0 saturated heterocycles. The molecule has 0 spiro atoms. The summed E-state index contributed by atoms with van der Waals surface area (Å²) in [6.45, 7) is 0. The highest BCUT2D eigenvalue weighted by atomic mass is 15.2. The van der Waals surface area contributed by atoms with E-state index in [1.165, 1.54) is 22.3 Å². The molecular weight excluding hydrogens is 306 g/mol. The van der Waals surface area contributed by atoms with Crippen LogP contribution in [-0.2, 0) is 0 Å². The lowest BCUT2D eigenvalue weighted by atomic mass is 9.92. The molecule has 118 valence electrons. The van der Waals surface area contributed by atoms with Crippen molar-refractivity contribution in [2.75, 3.05) is 0 Å². The average Bonchev–Trinajstić information content (AvgIpc) is 3.18. The van der Waals surface area contributed by atoms with E-state index in [0.717, 1.165) is 16.6 Å². The number of rotatable bonds is 2. The van der Waals surface area contributed by atoms with Gasteiger partial charge in [-0.15, -0.1) is 0 Å². The molecule has 3 heterocycles. The van der Waals surface area contributed by atoms with E-state index >= 15 is 0 Å². The van der Waals surface area contributed by atoms with Gasteiger partial charge >= 0.3 is 0 Å². The second kappa shape index (κ2) is 5.56. The number of hydrogen-bond donors (Lipinski definition) is 0. The van der Waals surface area contributed by atoms with Crippen LogP contribution in [0.4, 0.5) is 0 Å². The second-order valence-electron chi connectivity index (χ2n) is 5.98. The third-order valence-electron chi connectivity index (χ3n) is 4.53. The number of fused-ring (bicyclic) bond motifs is 3. The summed E-state index contributed by atoms with van der Waals surface area (Å²) in [7, 11) is 0. The van der Waals surface area contributed by atoms with Gasteiger partial charge in [-0.3, -0.25) is 0 Å². The molecule has 0 saturated carbocycles. The first-order valence-corrected chi connectivity index (χ1v) is 8.29. The van der Waals surface area contributed by atoms with Crippen LogP contribution >= 0.6 is 0 Å². The highest BCUT2D eigenvalue weighted by molar-refractivity contribution is 6.07. The summed E-state index contributed by atoms with van der Waals surface area (Å²) in [4.78, 5) is 4.60. The first-order valence-electron chi connectivity index (χ1n) is 8.29. The molecule has 0 radical (unpaired) electrons. The van der Waals surface area contributed by atoms with Gasteiger partial charge in [-0.2, -0.15) is 5.10 Å². The molecular formula is C22H15N3. The number of pyridine rings is 2. The summed E-state index contributed by atoms with van der Waals surface area (Å²) in [5.41, 5.74) is 6.69. The number of aromatic nitrogens is 3. The van der Waals surface area contributed by atoms with Gasteiger partial charge in [-0.05, 0) is 29.3 Å². The fourth-order valence-electron chi connectivity index (χ4n) is 3.49. The molecule has 0 bridgehead atoms. The van der Waals surface area contributed by atoms with Crippen LogP contribution in [0, 0.1) is 0 Å². The summed E-state index contributed by atoms with van der Waals surface area (Å²) >= 11 is 0. The van der Waals surface area contributed by atoms with Crippen molar-refractivity contribution in [3.63, 3.8) is 0 Å². The molecule has 5 rings (SSSR count). The summed E-state index contributed by atoms with van der Waals surface area (Å²) in [5.74, 6) is 0. The fourth-order valence-corrected chi connectivity index (χ4v) is 3.49. The van der Waals surface area contributed by atoms with Crippen molar-refractivity contribution in [3.8, 4) is 22.3 Å². The zero-order valence-corrected chi connectivity index (χ0v) is 13.5. The van der Waals surface area contributed by atoms with Gasteiger partial charge in [0.1, 0.15) is 0 Å². The van der Waals surface area contributed by atoms with Crippen molar-refractivity contribution in [1.29, 1.82) is 0 Å². The topological polar surface area (TPSA) is 30.2 Å². The Hall–Kier alpha value is -3.46. The van der Waals surface area contributed by atoms with Crippen LogP contribution < -0.4 is 0 Å². The Balaban J connectivity index is 2.04. The van der Waals surface area contributed by atoms with Crippen LogP contribution in [0.3, 0.4) is 0 Å². The van der Waals surface area contributed by atoms with Gasteiger partial charge in [-0.1, -0.05) is 60.7 Å². The molecule has 0 aliphatic heterocycles. The van der Waals surface area contributed by atoms with Crippen molar-refractivity contribution in [1.82, 2.24) is 14.6 Å². The second-order valence-corrected chi connectivity index (χ2v) is 5.98. The van der Waals surface area contributed by atoms with E-state index in [-0.39, 0.29) is 0 Å². The zero-order chi connectivity index (χ0) is 16.6. The maximum absolute atomic E-state index is 4.60. The van der Waals surface area contributed by atoms with Crippen LogP contribution in [0.1, 0.15) is 0 Å². The monoisotopic (exact) mass is 321 g/mol. The standard InChI is InChI=1S/C22H15N3/c1-3-8-16(9-4-1)20-18-12-7-14-23-22(18)25-19(13-15-24-25)21(20)17-10-5-2-6-11-17/h1-15H. The summed E-state index contributed by atoms with van der Waals surface area (Å²) in [6, 6.07) is 27.2. The van der Waals surface area contributed by atoms with Crippen molar-refractivity contribution in [3.05, 3.63) is 91.3 Å². The zero-order valence-electron chi connectivity index (χ0n) is 13.5. The van der Waals surface area contributed by atoms with Crippen LogP contribution in [-0.4, -0.2) is 14.6 Å². The fraction of sp³-hybridized carbons (Fsp3) is 0. The average molecular weight is 321 g/mol. The molecule has 0 aliphatic carbocycles. The number of nitrogens with zero attached hydrogens (tertiary/aromatic N) is 3. The SMILES string of the molecule is c1ccc(-c2c(-c3ccccc3)c3ccnn3c3ncccc23)cc1. The maximum atomic E-state index is 4.60. The largest absolute Gasteiger partial charge is 0.237 e. The van der Waals surface area contributed by atoms with Crippen molar-refractivity contribution < 1.29 is 0 Å². The summed E-state index contributed by atoms with van der Waals surface area (Å²) < 4.78 is 1.93. The van der Waals surface area contributed by atoms with Gasteiger partial charge in [0, 0.05) is 22.7 Å². The van der Waals surface area contributed by atoms with E-state index in [1.807, 2.05) is 35.1 Å². The lowest BCUT2D eigenvalue weighted by molar-refractivity contribution is 0.984. The first-order chi connectivity index (χ1) is 12.4. The first kappa shape index (κ1) is 13.9. The van der Waals surface area contributed by atoms with Gasteiger partial charge in [0.25, 0.3) is 0 Å².